The molecule has 1 saturated carbocycles. The van der Waals surface area contributed by atoms with Crippen molar-refractivity contribution in [3.8, 4) is 11.5 Å². The fraction of sp³-hybridized carbons (Fsp3) is 0.238. The van der Waals surface area contributed by atoms with Crippen molar-refractivity contribution in [3.05, 3.63) is 60.2 Å². The Morgan fingerprint density at radius 2 is 2.04 bits per heavy atom. The van der Waals surface area contributed by atoms with Crippen LogP contribution >= 0.6 is 0 Å². The Labute approximate surface area is 146 Å². The van der Waals surface area contributed by atoms with E-state index in [-0.39, 0.29) is 12.1 Å². The van der Waals surface area contributed by atoms with Crippen LogP contribution in [0.15, 0.2) is 59.0 Å². The number of rotatable bonds is 5. The summed E-state index contributed by atoms with van der Waals surface area (Å²) in [6, 6.07) is 15.8. The summed E-state index contributed by atoms with van der Waals surface area (Å²) < 4.78 is 11.1. The molecule has 0 radical (unpaired) electrons. The number of carbonyl (C=O) groups is 1. The number of hydrogen-bond donors (Lipinski definition) is 0. The maximum atomic E-state index is 11.3. The molecule has 4 rings (SSSR count). The number of carbonyl (C=O) groups excluding carboxylic acids is 1. The zero-order valence-electron chi connectivity index (χ0n) is 14.0. The molecule has 2 aromatic carbocycles. The van der Waals surface area contributed by atoms with Gasteiger partial charge in [-0.2, -0.15) is 0 Å². The normalized spacial score (nSPS) is 19.4. The first-order valence-electron chi connectivity index (χ1n) is 8.56. The second-order valence-corrected chi connectivity index (χ2v) is 6.25. The van der Waals surface area contributed by atoms with E-state index in [1.807, 2.05) is 55.5 Å². The van der Waals surface area contributed by atoms with Crippen molar-refractivity contribution in [1.82, 2.24) is 4.98 Å². The molecule has 1 fully saturated rings. The van der Waals surface area contributed by atoms with E-state index in [2.05, 4.69) is 17.1 Å². The van der Waals surface area contributed by atoms with E-state index < -0.39 is 0 Å². The second kappa shape index (κ2) is 6.55. The quantitative estimate of drug-likeness (QED) is 0.626. The smallest absolute Gasteiger partial charge is 0.305 e. The number of benzene rings is 2. The van der Waals surface area contributed by atoms with Crippen LogP contribution in [0.4, 0.5) is 0 Å². The number of fused-ring (bicyclic) bond motifs is 1. The van der Waals surface area contributed by atoms with Gasteiger partial charge < -0.3 is 9.15 Å². The Balaban J connectivity index is 1.42. The molecular formula is C21H19NO3. The second-order valence-electron chi connectivity index (χ2n) is 6.25. The van der Waals surface area contributed by atoms with Crippen molar-refractivity contribution in [3.63, 3.8) is 0 Å². The first-order chi connectivity index (χ1) is 12.2. The molecule has 0 N–H and O–H groups in total. The fourth-order valence-corrected chi connectivity index (χ4v) is 2.75. The van der Waals surface area contributed by atoms with Gasteiger partial charge >= 0.3 is 5.97 Å². The van der Waals surface area contributed by atoms with Gasteiger partial charge in [0.05, 0.1) is 0 Å². The lowest BCUT2D eigenvalue weighted by Crippen LogP contribution is -2.05. The molecule has 1 heterocycles. The highest BCUT2D eigenvalue weighted by atomic mass is 16.5. The summed E-state index contributed by atoms with van der Waals surface area (Å²) in [7, 11) is 0. The van der Waals surface area contributed by atoms with Gasteiger partial charge in [-0.05, 0) is 36.2 Å². The minimum atomic E-state index is -0.122. The molecule has 0 amide bonds. The van der Waals surface area contributed by atoms with Gasteiger partial charge in [0.2, 0.25) is 5.89 Å². The predicted octanol–water partition coefficient (Wildman–Crippen LogP) is 4.85. The highest BCUT2D eigenvalue weighted by Gasteiger charge is 2.38. The van der Waals surface area contributed by atoms with E-state index in [1.165, 1.54) is 0 Å². The Kier molecular flexibility index (Phi) is 4.10. The highest BCUT2D eigenvalue weighted by molar-refractivity contribution is 5.76. The lowest BCUT2D eigenvalue weighted by molar-refractivity contribution is -0.144. The average Bonchev–Trinajstić information content (AvgIpc) is 3.23. The minimum absolute atomic E-state index is 0.0581. The Hall–Kier alpha value is -2.88. The molecule has 4 nitrogen and oxygen atoms in total. The number of para-hydroxylation sites is 2. The molecule has 0 saturated heterocycles. The summed E-state index contributed by atoms with van der Waals surface area (Å²) in [5.41, 5.74) is 3.72. The third kappa shape index (κ3) is 3.48. The van der Waals surface area contributed by atoms with Gasteiger partial charge in [0, 0.05) is 17.9 Å². The van der Waals surface area contributed by atoms with Gasteiger partial charge in [0.15, 0.2) is 5.58 Å². The summed E-state index contributed by atoms with van der Waals surface area (Å²) in [5.74, 6) is 0.848. The molecule has 0 bridgehead atoms. The van der Waals surface area contributed by atoms with Crippen LogP contribution in [0.2, 0.25) is 0 Å². The largest absolute Gasteiger partial charge is 0.462 e. The standard InChI is InChI=1S/C21H19NO3/c1-2-20(23)24-19-13-16(19)12-9-14-7-10-15(11-8-14)21-22-17-5-3-4-6-18(17)25-21/h3-12,16,19H,2,13H2,1H3/b12-9+. The molecule has 4 heteroatoms. The molecule has 2 unspecified atom stereocenters. The first-order valence-corrected chi connectivity index (χ1v) is 8.56. The van der Waals surface area contributed by atoms with Crippen molar-refractivity contribution in [2.24, 2.45) is 5.92 Å². The molecule has 25 heavy (non-hydrogen) atoms. The molecule has 1 aliphatic rings. The van der Waals surface area contributed by atoms with Crippen LogP contribution in [-0.2, 0) is 9.53 Å². The van der Waals surface area contributed by atoms with Gasteiger partial charge in [0.1, 0.15) is 11.6 Å². The monoisotopic (exact) mass is 333 g/mol. The number of nitrogens with zero attached hydrogens (tertiary/aromatic N) is 1. The average molecular weight is 333 g/mol. The van der Waals surface area contributed by atoms with Crippen LogP contribution in [0.3, 0.4) is 0 Å². The Bertz CT molecular complexity index is 891. The van der Waals surface area contributed by atoms with Crippen LogP contribution < -0.4 is 0 Å². The molecular weight excluding hydrogens is 314 g/mol. The minimum Gasteiger partial charge on any atom is -0.462 e. The predicted molar refractivity (Wildman–Crippen MR) is 96.8 cm³/mol. The zero-order chi connectivity index (χ0) is 17.2. The van der Waals surface area contributed by atoms with Crippen LogP contribution in [-0.4, -0.2) is 17.1 Å². The van der Waals surface area contributed by atoms with Gasteiger partial charge in [0.25, 0.3) is 0 Å². The van der Waals surface area contributed by atoms with Gasteiger partial charge in [-0.15, -0.1) is 0 Å². The third-order valence-corrected chi connectivity index (χ3v) is 4.34. The maximum Gasteiger partial charge on any atom is 0.305 e. The number of aromatic nitrogens is 1. The third-order valence-electron chi connectivity index (χ3n) is 4.34. The van der Waals surface area contributed by atoms with E-state index in [0.29, 0.717) is 18.2 Å². The van der Waals surface area contributed by atoms with Crippen LogP contribution in [0, 0.1) is 5.92 Å². The topological polar surface area (TPSA) is 52.3 Å². The highest BCUT2D eigenvalue weighted by Crippen LogP contribution is 2.36. The van der Waals surface area contributed by atoms with Crippen LogP contribution in [0.5, 0.6) is 0 Å². The molecule has 0 spiro atoms. The van der Waals surface area contributed by atoms with E-state index >= 15 is 0 Å². The molecule has 2 atom stereocenters. The maximum absolute atomic E-state index is 11.3. The number of esters is 1. The molecule has 0 aliphatic heterocycles. The summed E-state index contributed by atoms with van der Waals surface area (Å²) in [4.78, 5) is 15.8. The Morgan fingerprint density at radius 1 is 1.24 bits per heavy atom. The number of oxazole rings is 1. The lowest BCUT2D eigenvalue weighted by atomic mass is 10.1. The summed E-state index contributed by atoms with van der Waals surface area (Å²) >= 11 is 0. The van der Waals surface area contributed by atoms with Gasteiger partial charge in [-0.25, -0.2) is 4.98 Å². The summed E-state index contributed by atoms with van der Waals surface area (Å²) in [6.07, 6.45) is 5.60. The molecule has 1 aromatic heterocycles. The van der Waals surface area contributed by atoms with Crippen molar-refractivity contribution >= 4 is 23.1 Å². The van der Waals surface area contributed by atoms with Crippen molar-refractivity contribution in [1.29, 1.82) is 0 Å². The van der Waals surface area contributed by atoms with Gasteiger partial charge in [-0.1, -0.05) is 43.3 Å². The summed E-state index contributed by atoms with van der Waals surface area (Å²) in [5, 5.41) is 0. The Morgan fingerprint density at radius 3 is 2.80 bits per heavy atom. The van der Waals surface area contributed by atoms with Crippen molar-refractivity contribution in [2.45, 2.75) is 25.9 Å². The summed E-state index contributed by atoms with van der Waals surface area (Å²) in [6.45, 7) is 1.81. The number of ether oxygens (including phenoxy) is 1. The van der Waals surface area contributed by atoms with E-state index in [1.54, 1.807) is 0 Å². The lowest BCUT2D eigenvalue weighted by Gasteiger charge is -1.99. The van der Waals surface area contributed by atoms with Crippen molar-refractivity contribution in [2.75, 3.05) is 0 Å². The molecule has 126 valence electrons. The van der Waals surface area contributed by atoms with Crippen LogP contribution in [0.25, 0.3) is 28.6 Å². The molecule has 1 aliphatic carbocycles. The van der Waals surface area contributed by atoms with Crippen molar-refractivity contribution < 1.29 is 13.9 Å². The van der Waals surface area contributed by atoms with E-state index in [9.17, 15) is 4.79 Å². The number of hydrogen-bond acceptors (Lipinski definition) is 4. The SMILES string of the molecule is CCC(=O)OC1CC1/C=C/c1ccc(-c2nc3ccccc3o2)cc1. The van der Waals surface area contributed by atoms with E-state index in [0.717, 1.165) is 28.6 Å². The van der Waals surface area contributed by atoms with Crippen LogP contribution in [0.1, 0.15) is 25.3 Å². The fourth-order valence-electron chi connectivity index (χ4n) is 2.75. The first kappa shape index (κ1) is 15.6. The van der Waals surface area contributed by atoms with E-state index in [4.69, 9.17) is 9.15 Å². The molecule has 3 aromatic rings. The van der Waals surface area contributed by atoms with Gasteiger partial charge in [-0.3, -0.25) is 4.79 Å². The zero-order valence-corrected chi connectivity index (χ0v) is 14.0.